The Bertz CT molecular complexity index is 0. The minimum atomic E-state index is 0. The van der Waals surface area contributed by atoms with Gasteiger partial charge in [0.1, 0.15) is 0 Å². The molecule has 0 radical (unpaired) electrons. The molecule has 0 unspecified atom stereocenters. The highest BCUT2D eigenvalue weighted by Gasteiger charge is -0.104. The summed E-state index contributed by atoms with van der Waals surface area (Å²) in [5.74, 6) is 0. The van der Waals surface area contributed by atoms with E-state index in [1.165, 1.54) is 0 Å². The van der Waals surface area contributed by atoms with E-state index in [0.29, 0.717) is 0 Å². The number of rotatable bonds is 0. The first-order valence-electron chi connectivity index (χ1n) is 0. The van der Waals surface area contributed by atoms with Crippen molar-refractivity contribution in [3.8, 4) is 0 Å². The molecule has 0 amide bonds. The van der Waals surface area contributed by atoms with Gasteiger partial charge in [-0.2, -0.15) is 0 Å². The summed E-state index contributed by atoms with van der Waals surface area (Å²) in [6, 6.07) is 0. The second-order valence-electron chi connectivity index (χ2n) is 0. The van der Waals surface area contributed by atoms with Gasteiger partial charge in [-0.1, -0.05) is 0 Å². The van der Waals surface area contributed by atoms with E-state index in [0.717, 1.165) is 0 Å². The largest absolute Gasteiger partial charge is 0.107 e. The molecule has 0 aliphatic rings. The first-order chi connectivity index (χ1) is 0. The van der Waals surface area contributed by atoms with Gasteiger partial charge >= 0.3 is 0 Å². The lowest BCUT2D eigenvalue weighted by molar-refractivity contribution is 14.0. The Kier molecular flexibility index (Phi) is 120. The summed E-state index contributed by atoms with van der Waals surface area (Å²) >= 11 is 0. The fraction of sp³-hybridized carbons (Fsp3) is 0. The van der Waals surface area contributed by atoms with E-state index in [-0.39, 0.29) is 95.9 Å². The molecule has 0 spiro atoms. The SMILES string of the molecule is I.I.I.I. The smallest absolute Gasteiger partial charge is 0.107 e. The van der Waals surface area contributed by atoms with Crippen molar-refractivity contribution >= 4 is 95.9 Å². The first-order valence-corrected chi connectivity index (χ1v) is 0. The molecule has 0 N–H and O–H groups in total. The molecule has 0 aromatic rings. The average molecular weight is 512 g/mol. The summed E-state index contributed by atoms with van der Waals surface area (Å²) < 4.78 is 0. The lowest BCUT2D eigenvalue weighted by Crippen LogP contribution is 0.885. The van der Waals surface area contributed by atoms with Crippen LogP contribution in [0.3, 0.4) is 0 Å². The van der Waals surface area contributed by atoms with Crippen molar-refractivity contribution in [2.24, 2.45) is 0 Å². The maximum atomic E-state index is 0. The Morgan fingerprint density at radius 2 is 0.250 bits per heavy atom. The lowest BCUT2D eigenvalue weighted by Gasteiger charge is -0.108. The van der Waals surface area contributed by atoms with E-state index in [1.807, 2.05) is 0 Å². The summed E-state index contributed by atoms with van der Waals surface area (Å²) in [5.41, 5.74) is 0. The van der Waals surface area contributed by atoms with Crippen molar-refractivity contribution in [3.05, 3.63) is 0 Å². The molecule has 0 aliphatic heterocycles. The summed E-state index contributed by atoms with van der Waals surface area (Å²) in [4.78, 5) is 0. The zero-order valence-electron chi connectivity index (χ0n) is 1.63. The van der Waals surface area contributed by atoms with Gasteiger partial charge in [-0.05, 0) is 0 Å². The zero-order chi connectivity index (χ0) is 0. The summed E-state index contributed by atoms with van der Waals surface area (Å²) in [7, 11) is 0. The fourth-order valence-corrected chi connectivity index (χ4v) is 0. The average Bonchev–Trinajstić information content (AvgIpc) is 0. The molecule has 0 bridgehead atoms. The van der Waals surface area contributed by atoms with Gasteiger partial charge < -0.3 is 0 Å². The lowest BCUT2D eigenvalue weighted by atomic mass is 127. The fourth-order valence-electron chi connectivity index (χ4n) is 0. The zero-order valence-corrected chi connectivity index (χ0v) is 11.0. The monoisotopic (exact) mass is 512 g/mol. The molecule has 32 valence electrons. The van der Waals surface area contributed by atoms with Crippen molar-refractivity contribution in [3.63, 3.8) is 0 Å². The summed E-state index contributed by atoms with van der Waals surface area (Å²) in [6.07, 6.45) is 0. The normalized spacial score (nSPS) is 0. The van der Waals surface area contributed by atoms with E-state index in [9.17, 15) is 0 Å². The number of hydrogen-bond donors (Lipinski definition) is 0. The van der Waals surface area contributed by atoms with Crippen molar-refractivity contribution in [1.29, 1.82) is 0 Å². The van der Waals surface area contributed by atoms with Crippen LogP contribution in [0.15, 0.2) is 0 Å². The molecule has 0 aromatic carbocycles. The van der Waals surface area contributed by atoms with E-state index in [1.54, 1.807) is 0 Å². The van der Waals surface area contributed by atoms with Gasteiger partial charge in [-0.15, -0.1) is 95.9 Å². The maximum absolute atomic E-state index is 0. The van der Waals surface area contributed by atoms with E-state index in [4.69, 9.17) is 0 Å². The summed E-state index contributed by atoms with van der Waals surface area (Å²) in [6.45, 7) is 0. The highest BCUT2D eigenvalue weighted by molar-refractivity contribution is 14.0. The van der Waals surface area contributed by atoms with Crippen LogP contribution in [0.4, 0.5) is 0 Å². The summed E-state index contributed by atoms with van der Waals surface area (Å²) in [5, 5.41) is 0. The van der Waals surface area contributed by atoms with Crippen molar-refractivity contribution < 1.29 is 0 Å². The van der Waals surface area contributed by atoms with Crippen LogP contribution in [0.5, 0.6) is 0 Å². The van der Waals surface area contributed by atoms with Gasteiger partial charge in [0, 0.05) is 0 Å². The number of hydrogen-bond acceptors (Lipinski definition) is 0. The van der Waals surface area contributed by atoms with Crippen LogP contribution in [0.1, 0.15) is 0 Å². The Balaban J connectivity index is 0. The second-order valence-corrected chi connectivity index (χ2v) is 0. The minimum Gasteiger partial charge on any atom is -0.107 e. The van der Waals surface area contributed by atoms with Gasteiger partial charge in [0.25, 0.3) is 0 Å². The predicted octanol–water partition coefficient (Wildman–Crippen LogP) is 2.47. The molecule has 0 saturated carbocycles. The van der Waals surface area contributed by atoms with Crippen LogP contribution in [-0.2, 0) is 0 Å². The van der Waals surface area contributed by atoms with Crippen molar-refractivity contribution in [1.82, 2.24) is 0 Å². The third-order valence-electron chi connectivity index (χ3n) is 0. The Hall–Kier alpha value is 2.92. The molecule has 0 heterocycles. The van der Waals surface area contributed by atoms with Crippen LogP contribution in [0.25, 0.3) is 0 Å². The molecule has 4 heteroatoms. The van der Waals surface area contributed by atoms with Crippen LogP contribution in [0.2, 0.25) is 0 Å². The molecule has 0 rings (SSSR count). The van der Waals surface area contributed by atoms with Gasteiger partial charge in [0.2, 0.25) is 0 Å². The Morgan fingerprint density at radius 1 is 0.250 bits per heavy atom. The van der Waals surface area contributed by atoms with E-state index in [2.05, 4.69) is 0 Å². The molecule has 0 nitrogen and oxygen atoms in total. The third kappa shape index (κ3) is 8.87. The van der Waals surface area contributed by atoms with Crippen molar-refractivity contribution in [2.75, 3.05) is 0 Å². The molecule has 4 heavy (non-hydrogen) atoms. The topological polar surface area (TPSA) is 0 Å². The minimum absolute atomic E-state index is 0. The molecule has 0 aliphatic carbocycles. The molecular formula is H4I4. The maximum Gasteiger partial charge on any atom is -0.107 e. The highest BCUT2D eigenvalue weighted by Crippen LogP contribution is 0.889. The van der Waals surface area contributed by atoms with Gasteiger partial charge in [-0.25, -0.2) is 0 Å². The molecule has 0 saturated heterocycles. The molecular weight excluding hydrogens is 508 g/mol. The molecule has 0 atom stereocenters. The van der Waals surface area contributed by atoms with Gasteiger partial charge in [-0.3, -0.25) is 0 Å². The second kappa shape index (κ2) is 16.8. The Labute approximate surface area is 93.9 Å². The number of halogens is 4. The Morgan fingerprint density at radius 3 is 0.250 bits per heavy atom. The van der Waals surface area contributed by atoms with E-state index < -0.39 is 0 Å². The molecule has 0 aromatic heterocycles. The van der Waals surface area contributed by atoms with Crippen LogP contribution in [-0.4, -0.2) is 0 Å². The quantitative estimate of drug-likeness (QED) is 0.439. The highest BCUT2D eigenvalue weighted by atomic mass is 127. The van der Waals surface area contributed by atoms with Gasteiger partial charge in [0.15, 0.2) is 0 Å². The predicted molar refractivity (Wildman–Crippen MR) is 61.7 cm³/mol. The van der Waals surface area contributed by atoms with Crippen LogP contribution in [0, 0.1) is 0 Å². The van der Waals surface area contributed by atoms with E-state index >= 15 is 0 Å². The third-order valence-corrected chi connectivity index (χ3v) is 0. The molecule has 0 fully saturated rings. The van der Waals surface area contributed by atoms with Crippen LogP contribution < -0.4 is 0 Å². The van der Waals surface area contributed by atoms with Crippen molar-refractivity contribution in [2.45, 2.75) is 0 Å². The first kappa shape index (κ1) is 28.4. The standard InChI is InChI=1S/4HI/h4*1H. The van der Waals surface area contributed by atoms with Gasteiger partial charge in [0.05, 0.1) is 0 Å². The van der Waals surface area contributed by atoms with Crippen LogP contribution >= 0.6 is 95.9 Å².